The second kappa shape index (κ2) is 6.73. The summed E-state index contributed by atoms with van der Waals surface area (Å²) in [7, 11) is 1.40. The van der Waals surface area contributed by atoms with Gasteiger partial charge in [-0.2, -0.15) is 0 Å². The van der Waals surface area contributed by atoms with Crippen LogP contribution in [0, 0.1) is 11.7 Å². The fraction of sp³-hybridized carbons (Fsp3) is 0.462. The van der Waals surface area contributed by atoms with Crippen LogP contribution >= 0.6 is 12.4 Å². The molecule has 2 atom stereocenters. The smallest absolute Gasteiger partial charge is 0.229 e. The lowest BCUT2D eigenvalue weighted by Gasteiger charge is -2.15. The first-order valence-electron chi connectivity index (χ1n) is 6.02. The molecule has 3 N–H and O–H groups in total. The summed E-state index contributed by atoms with van der Waals surface area (Å²) < 4.78 is 18.3. The van der Waals surface area contributed by atoms with Crippen LogP contribution in [0.25, 0.3) is 0 Å². The molecule has 0 aliphatic heterocycles. The highest BCUT2D eigenvalue weighted by Crippen LogP contribution is 2.26. The van der Waals surface area contributed by atoms with Crippen LogP contribution in [0.4, 0.5) is 10.1 Å². The molecule has 1 aliphatic rings. The summed E-state index contributed by atoms with van der Waals surface area (Å²) >= 11 is 0. The first kappa shape index (κ1) is 15.7. The maximum atomic E-state index is 13.5. The molecule has 0 saturated heterocycles. The fourth-order valence-electron chi connectivity index (χ4n) is 2.29. The number of hydrogen-bond acceptors (Lipinski definition) is 3. The van der Waals surface area contributed by atoms with Crippen molar-refractivity contribution in [3.8, 4) is 5.75 Å². The molecule has 0 aromatic heterocycles. The third kappa shape index (κ3) is 3.58. The van der Waals surface area contributed by atoms with Gasteiger partial charge in [0.1, 0.15) is 0 Å². The number of amides is 1. The van der Waals surface area contributed by atoms with Crippen molar-refractivity contribution in [2.24, 2.45) is 11.7 Å². The molecule has 1 fully saturated rings. The second-order valence-electron chi connectivity index (χ2n) is 4.54. The van der Waals surface area contributed by atoms with Gasteiger partial charge >= 0.3 is 0 Å². The van der Waals surface area contributed by atoms with E-state index in [2.05, 4.69) is 5.32 Å². The number of methoxy groups -OCH3 is 1. The van der Waals surface area contributed by atoms with Crippen LogP contribution in [-0.2, 0) is 4.79 Å². The second-order valence-corrected chi connectivity index (χ2v) is 4.54. The topological polar surface area (TPSA) is 64.3 Å². The fourth-order valence-corrected chi connectivity index (χ4v) is 2.29. The van der Waals surface area contributed by atoms with Crippen LogP contribution in [0.5, 0.6) is 5.75 Å². The molecule has 1 aliphatic carbocycles. The van der Waals surface area contributed by atoms with Gasteiger partial charge in [0.15, 0.2) is 11.6 Å². The highest BCUT2D eigenvalue weighted by Gasteiger charge is 2.30. The molecule has 0 spiro atoms. The number of halogens is 2. The number of hydrogen-bond donors (Lipinski definition) is 2. The summed E-state index contributed by atoms with van der Waals surface area (Å²) in [5.74, 6) is -0.642. The minimum Gasteiger partial charge on any atom is -0.494 e. The van der Waals surface area contributed by atoms with Crippen molar-refractivity contribution >= 4 is 24.0 Å². The van der Waals surface area contributed by atoms with Crippen molar-refractivity contribution < 1.29 is 13.9 Å². The van der Waals surface area contributed by atoms with Crippen LogP contribution in [0.1, 0.15) is 19.3 Å². The van der Waals surface area contributed by atoms with Gasteiger partial charge in [-0.1, -0.05) is 6.42 Å². The van der Waals surface area contributed by atoms with Gasteiger partial charge < -0.3 is 15.8 Å². The standard InChI is InChI=1S/C13H17FN2O2.ClH/c1-18-12-6-5-8(7-10(12)14)16-13(17)9-3-2-4-11(9)15;/h5-7,9,11H,2-4,15H2,1H3,(H,16,17);1H. The van der Waals surface area contributed by atoms with E-state index in [1.807, 2.05) is 0 Å². The number of rotatable bonds is 3. The zero-order valence-electron chi connectivity index (χ0n) is 10.7. The van der Waals surface area contributed by atoms with E-state index in [0.29, 0.717) is 5.69 Å². The lowest BCUT2D eigenvalue weighted by molar-refractivity contribution is -0.120. The predicted molar refractivity (Wildman–Crippen MR) is 74.1 cm³/mol. The van der Waals surface area contributed by atoms with Gasteiger partial charge in [0.25, 0.3) is 0 Å². The van der Waals surface area contributed by atoms with E-state index in [4.69, 9.17) is 10.5 Å². The molecule has 19 heavy (non-hydrogen) atoms. The number of benzene rings is 1. The Labute approximate surface area is 117 Å². The Morgan fingerprint density at radius 3 is 2.74 bits per heavy atom. The van der Waals surface area contributed by atoms with Crippen LogP contribution in [0.3, 0.4) is 0 Å². The Morgan fingerprint density at radius 2 is 2.21 bits per heavy atom. The largest absolute Gasteiger partial charge is 0.494 e. The summed E-state index contributed by atoms with van der Waals surface area (Å²) in [5, 5.41) is 2.69. The van der Waals surface area contributed by atoms with Crippen molar-refractivity contribution in [1.82, 2.24) is 0 Å². The Bertz CT molecular complexity index is 456. The molecular formula is C13H18ClFN2O2. The molecule has 6 heteroatoms. The number of nitrogens with one attached hydrogen (secondary N) is 1. The van der Waals surface area contributed by atoms with Crippen LogP contribution in [-0.4, -0.2) is 19.1 Å². The summed E-state index contributed by atoms with van der Waals surface area (Å²) in [4.78, 5) is 11.9. The zero-order chi connectivity index (χ0) is 13.1. The normalized spacial score (nSPS) is 21.6. The molecule has 1 saturated carbocycles. The molecule has 2 unspecified atom stereocenters. The van der Waals surface area contributed by atoms with Crippen molar-refractivity contribution in [2.75, 3.05) is 12.4 Å². The molecule has 0 heterocycles. The van der Waals surface area contributed by atoms with Crippen LogP contribution < -0.4 is 15.8 Å². The quantitative estimate of drug-likeness (QED) is 0.897. The lowest BCUT2D eigenvalue weighted by atomic mass is 10.0. The molecule has 4 nitrogen and oxygen atoms in total. The van der Waals surface area contributed by atoms with Crippen molar-refractivity contribution in [3.63, 3.8) is 0 Å². The summed E-state index contributed by atoms with van der Waals surface area (Å²) in [6, 6.07) is 4.25. The Morgan fingerprint density at radius 1 is 1.47 bits per heavy atom. The van der Waals surface area contributed by atoms with E-state index in [0.717, 1.165) is 19.3 Å². The maximum absolute atomic E-state index is 13.5. The van der Waals surface area contributed by atoms with Gasteiger partial charge in [-0.3, -0.25) is 4.79 Å². The number of carbonyl (C=O) groups excluding carboxylic acids is 1. The number of anilines is 1. The van der Waals surface area contributed by atoms with E-state index in [1.165, 1.54) is 19.2 Å². The average molecular weight is 289 g/mol. The van der Waals surface area contributed by atoms with E-state index < -0.39 is 5.82 Å². The summed E-state index contributed by atoms with van der Waals surface area (Å²) in [6.07, 6.45) is 2.64. The predicted octanol–water partition coefficient (Wildman–Crippen LogP) is 2.32. The number of ether oxygens (including phenoxy) is 1. The SMILES string of the molecule is COc1ccc(NC(=O)C2CCCC2N)cc1F.Cl. The van der Waals surface area contributed by atoms with E-state index in [9.17, 15) is 9.18 Å². The number of nitrogens with two attached hydrogens (primary N) is 1. The molecule has 1 aromatic rings. The van der Waals surface area contributed by atoms with Gasteiger partial charge in [0.05, 0.1) is 13.0 Å². The molecule has 0 bridgehead atoms. The van der Waals surface area contributed by atoms with Gasteiger partial charge in [0, 0.05) is 17.8 Å². The third-order valence-corrected chi connectivity index (χ3v) is 3.33. The highest BCUT2D eigenvalue weighted by atomic mass is 35.5. The summed E-state index contributed by atoms with van der Waals surface area (Å²) in [5.41, 5.74) is 6.28. The van der Waals surface area contributed by atoms with Gasteiger partial charge in [-0.05, 0) is 25.0 Å². The molecule has 0 radical (unpaired) electrons. The monoisotopic (exact) mass is 288 g/mol. The van der Waals surface area contributed by atoms with Crippen molar-refractivity contribution in [3.05, 3.63) is 24.0 Å². The lowest BCUT2D eigenvalue weighted by Crippen LogP contribution is -2.34. The average Bonchev–Trinajstić information content (AvgIpc) is 2.76. The van der Waals surface area contributed by atoms with E-state index >= 15 is 0 Å². The van der Waals surface area contributed by atoms with Crippen molar-refractivity contribution in [2.45, 2.75) is 25.3 Å². The maximum Gasteiger partial charge on any atom is 0.229 e. The first-order chi connectivity index (χ1) is 8.61. The van der Waals surface area contributed by atoms with Gasteiger partial charge in [-0.25, -0.2) is 4.39 Å². The third-order valence-electron chi connectivity index (χ3n) is 3.33. The minimum absolute atomic E-state index is 0. The summed E-state index contributed by atoms with van der Waals surface area (Å²) in [6.45, 7) is 0. The Balaban J connectivity index is 0.00000180. The van der Waals surface area contributed by atoms with E-state index in [1.54, 1.807) is 6.07 Å². The first-order valence-corrected chi connectivity index (χ1v) is 6.02. The minimum atomic E-state index is -0.494. The molecule has 106 valence electrons. The van der Waals surface area contributed by atoms with Gasteiger partial charge in [-0.15, -0.1) is 12.4 Å². The zero-order valence-corrected chi connectivity index (χ0v) is 11.5. The van der Waals surface area contributed by atoms with Gasteiger partial charge in [0.2, 0.25) is 5.91 Å². The molecule has 2 rings (SSSR count). The Hall–Kier alpha value is -1.33. The van der Waals surface area contributed by atoms with Crippen molar-refractivity contribution in [1.29, 1.82) is 0 Å². The van der Waals surface area contributed by atoms with E-state index in [-0.39, 0.29) is 36.0 Å². The van der Waals surface area contributed by atoms with Crippen LogP contribution in [0.15, 0.2) is 18.2 Å². The molecule has 1 amide bonds. The number of carbonyl (C=O) groups is 1. The molecule has 1 aromatic carbocycles. The van der Waals surface area contributed by atoms with Crippen LogP contribution in [0.2, 0.25) is 0 Å². The highest BCUT2D eigenvalue weighted by molar-refractivity contribution is 5.93. The Kier molecular flexibility index (Phi) is 5.57. The molecular weight excluding hydrogens is 271 g/mol.